The van der Waals surface area contributed by atoms with Gasteiger partial charge in [-0.1, -0.05) is 24.3 Å². The van der Waals surface area contributed by atoms with E-state index in [2.05, 4.69) is 13.2 Å². The van der Waals surface area contributed by atoms with Gasteiger partial charge in [-0.05, 0) is 63.1 Å². The van der Waals surface area contributed by atoms with Crippen molar-refractivity contribution in [3.8, 4) is 0 Å². The Balaban J connectivity index is 1.75. The zero-order chi connectivity index (χ0) is 27.6. The van der Waals surface area contributed by atoms with Crippen LogP contribution in [0.2, 0.25) is 0 Å². The second-order valence-corrected chi connectivity index (χ2v) is 12.5. The molecule has 2 bridgehead atoms. The highest BCUT2D eigenvalue weighted by Crippen LogP contribution is 2.66. The molecular formula is C30H41N3O4S. The standard InChI is InChI=1S/C30H41N3O4S/c1-6-15-31(5)27(35)24-23-13-14-30(38-23)25(24)28(36)33(17-9-8-10-18-34)26(30)29(37)32(16-7-2)22-19-20(3)11-12-21(22)4/h6-7,11-12,19,23-26,34H,1-2,8-10,13-18H2,3-5H3/t23-,24+,25+,26?,30?/m1/s1. The first-order valence-corrected chi connectivity index (χ1v) is 14.5. The number of aryl methyl sites for hydroxylation is 2. The number of aliphatic hydroxyl groups excluding tert-OH is 1. The molecule has 0 radical (unpaired) electrons. The van der Waals surface area contributed by atoms with Gasteiger partial charge in [0.1, 0.15) is 6.04 Å². The second-order valence-electron chi connectivity index (χ2n) is 10.9. The Morgan fingerprint density at radius 1 is 1.16 bits per heavy atom. The van der Waals surface area contributed by atoms with Crippen LogP contribution in [0, 0.1) is 25.7 Å². The van der Waals surface area contributed by atoms with E-state index in [9.17, 15) is 19.5 Å². The van der Waals surface area contributed by atoms with Crippen molar-refractivity contribution in [2.75, 3.05) is 38.2 Å². The van der Waals surface area contributed by atoms with Gasteiger partial charge in [-0.2, -0.15) is 0 Å². The number of benzene rings is 1. The second kappa shape index (κ2) is 11.7. The molecule has 3 aliphatic rings. The minimum Gasteiger partial charge on any atom is -0.396 e. The summed E-state index contributed by atoms with van der Waals surface area (Å²) in [6.07, 6.45) is 7.12. The van der Waals surface area contributed by atoms with Gasteiger partial charge in [0.05, 0.1) is 16.6 Å². The molecule has 3 aliphatic heterocycles. The average Bonchev–Trinajstić information content (AvgIpc) is 3.53. The lowest BCUT2D eigenvalue weighted by atomic mass is 9.70. The first kappa shape index (κ1) is 28.4. The van der Waals surface area contributed by atoms with Gasteiger partial charge in [0.2, 0.25) is 11.8 Å². The van der Waals surface area contributed by atoms with Gasteiger partial charge in [-0.15, -0.1) is 24.9 Å². The normalized spacial score (nSPS) is 27.4. The maximum atomic E-state index is 14.6. The summed E-state index contributed by atoms with van der Waals surface area (Å²) >= 11 is 1.70. The molecule has 206 valence electrons. The maximum Gasteiger partial charge on any atom is 0.251 e. The number of aliphatic hydroxyl groups is 1. The monoisotopic (exact) mass is 539 g/mol. The molecule has 1 aromatic carbocycles. The summed E-state index contributed by atoms with van der Waals surface area (Å²) in [6, 6.07) is 5.42. The maximum absolute atomic E-state index is 14.6. The van der Waals surface area contributed by atoms with E-state index < -0.39 is 22.6 Å². The van der Waals surface area contributed by atoms with Crippen molar-refractivity contribution < 1.29 is 19.5 Å². The topological polar surface area (TPSA) is 81.2 Å². The van der Waals surface area contributed by atoms with Crippen LogP contribution >= 0.6 is 11.8 Å². The summed E-state index contributed by atoms with van der Waals surface area (Å²) in [6.45, 7) is 13.0. The van der Waals surface area contributed by atoms with Crippen LogP contribution in [0.15, 0.2) is 43.5 Å². The Kier molecular flexibility index (Phi) is 8.72. The Bertz CT molecular complexity index is 1110. The SMILES string of the molecule is C=CCN(C)C(=O)[C@@H]1[C@H]2C(=O)N(CCCCCO)C(C(=O)N(CC=C)c3cc(C)ccc3C)C23CC[C@H]1S3. The van der Waals surface area contributed by atoms with Gasteiger partial charge >= 0.3 is 0 Å². The molecule has 1 N–H and O–H groups in total. The molecule has 0 aliphatic carbocycles. The first-order valence-electron chi connectivity index (χ1n) is 13.7. The van der Waals surface area contributed by atoms with Crippen LogP contribution in [-0.4, -0.2) is 82.0 Å². The predicted molar refractivity (Wildman–Crippen MR) is 153 cm³/mol. The van der Waals surface area contributed by atoms with Crippen LogP contribution in [-0.2, 0) is 14.4 Å². The number of hydrogen-bond donors (Lipinski definition) is 1. The summed E-state index contributed by atoms with van der Waals surface area (Å²) in [5.74, 6) is -1.16. The number of rotatable bonds is 12. The van der Waals surface area contributed by atoms with Gasteiger partial charge in [0, 0.05) is 44.2 Å². The molecular weight excluding hydrogens is 498 g/mol. The van der Waals surface area contributed by atoms with Crippen molar-refractivity contribution in [1.29, 1.82) is 0 Å². The van der Waals surface area contributed by atoms with E-state index in [0.717, 1.165) is 36.1 Å². The predicted octanol–water partition coefficient (Wildman–Crippen LogP) is 3.72. The lowest BCUT2D eigenvalue weighted by molar-refractivity contribution is -0.143. The Hall–Kier alpha value is -2.58. The summed E-state index contributed by atoms with van der Waals surface area (Å²) in [5.41, 5.74) is 2.87. The van der Waals surface area contributed by atoms with Crippen LogP contribution in [0.25, 0.3) is 0 Å². The lowest BCUT2D eigenvalue weighted by Gasteiger charge is -2.38. The fraction of sp³-hybridized carbons (Fsp3) is 0.567. The van der Waals surface area contributed by atoms with Gasteiger partial charge in [0.25, 0.3) is 5.91 Å². The van der Waals surface area contributed by atoms with Gasteiger partial charge < -0.3 is 19.8 Å². The molecule has 38 heavy (non-hydrogen) atoms. The van der Waals surface area contributed by atoms with E-state index in [4.69, 9.17) is 0 Å². The third-order valence-electron chi connectivity index (χ3n) is 8.39. The Labute approximate surface area is 230 Å². The number of likely N-dealkylation sites (N-methyl/N-ethyl adjacent to an activating group) is 1. The van der Waals surface area contributed by atoms with Gasteiger partial charge in [-0.3, -0.25) is 14.4 Å². The lowest BCUT2D eigenvalue weighted by Crippen LogP contribution is -2.55. The number of unbranched alkanes of at least 4 members (excludes halogenated alkanes) is 2. The summed E-state index contributed by atoms with van der Waals surface area (Å²) in [5, 5.41) is 9.29. The van der Waals surface area contributed by atoms with Crippen LogP contribution in [0.1, 0.15) is 43.2 Å². The van der Waals surface area contributed by atoms with Crippen LogP contribution in [0.5, 0.6) is 0 Å². The number of hydrogen-bond acceptors (Lipinski definition) is 5. The zero-order valence-electron chi connectivity index (χ0n) is 22.9. The summed E-state index contributed by atoms with van der Waals surface area (Å²) in [7, 11) is 1.76. The van der Waals surface area contributed by atoms with Crippen LogP contribution < -0.4 is 4.90 Å². The highest BCUT2D eigenvalue weighted by atomic mass is 32.2. The molecule has 2 unspecified atom stereocenters. The number of likely N-dealkylation sites (tertiary alicyclic amines) is 1. The molecule has 1 spiro atoms. The van der Waals surface area contributed by atoms with Crippen molar-refractivity contribution in [3.05, 3.63) is 54.6 Å². The van der Waals surface area contributed by atoms with Crippen LogP contribution in [0.3, 0.4) is 0 Å². The molecule has 0 saturated carbocycles. The molecule has 1 aromatic rings. The smallest absolute Gasteiger partial charge is 0.251 e. The molecule has 7 nitrogen and oxygen atoms in total. The molecule has 4 rings (SSSR count). The van der Waals surface area contributed by atoms with Crippen molar-refractivity contribution in [2.45, 2.75) is 62.0 Å². The number of carbonyl (C=O) groups is 3. The van der Waals surface area contributed by atoms with E-state index in [1.807, 2.05) is 32.0 Å². The first-order chi connectivity index (χ1) is 18.2. The Morgan fingerprint density at radius 3 is 2.58 bits per heavy atom. The molecule has 8 heteroatoms. The highest BCUT2D eigenvalue weighted by Gasteiger charge is 2.73. The highest BCUT2D eigenvalue weighted by molar-refractivity contribution is 8.02. The van der Waals surface area contributed by atoms with Crippen molar-refractivity contribution in [3.63, 3.8) is 0 Å². The number of thioether (sulfide) groups is 1. The number of nitrogens with zero attached hydrogens (tertiary/aromatic N) is 3. The molecule has 0 aromatic heterocycles. The van der Waals surface area contributed by atoms with Crippen molar-refractivity contribution in [1.82, 2.24) is 9.80 Å². The van der Waals surface area contributed by atoms with E-state index in [-0.39, 0.29) is 29.6 Å². The minimum atomic E-state index is -0.647. The third-order valence-corrected chi connectivity index (χ3v) is 10.3. The molecule has 3 heterocycles. The molecule has 3 saturated heterocycles. The average molecular weight is 540 g/mol. The number of anilines is 1. The van der Waals surface area contributed by atoms with E-state index in [1.165, 1.54) is 0 Å². The minimum absolute atomic E-state index is 0.0316. The van der Waals surface area contributed by atoms with E-state index in [0.29, 0.717) is 32.5 Å². The Morgan fingerprint density at radius 2 is 1.89 bits per heavy atom. The quantitative estimate of drug-likeness (QED) is 0.324. The van der Waals surface area contributed by atoms with E-state index in [1.54, 1.807) is 45.7 Å². The molecule has 5 atom stereocenters. The fourth-order valence-corrected chi connectivity index (χ4v) is 8.86. The molecule has 3 amide bonds. The third kappa shape index (κ3) is 4.81. The van der Waals surface area contributed by atoms with E-state index >= 15 is 0 Å². The van der Waals surface area contributed by atoms with Crippen molar-refractivity contribution >= 4 is 35.2 Å². The fourth-order valence-electron chi connectivity index (χ4n) is 6.66. The number of carbonyl (C=O) groups excluding carboxylic acids is 3. The zero-order valence-corrected chi connectivity index (χ0v) is 23.7. The summed E-state index contributed by atoms with van der Waals surface area (Å²) in [4.78, 5) is 47.6. The number of fused-ring (bicyclic) bond motifs is 1. The number of amides is 3. The van der Waals surface area contributed by atoms with Gasteiger partial charge in [0.15, 0.2) is 0 Å². The van der Waals surface area contributed by atoms with Gasteiger partial charge in [-0.25, -0.2) is 0 Å². The molecule has 3 fully saturated rings. The largest absolute Gasteiger partial charge is 0.396 e. The van der Waals surface area contributed by atoms with Crippen molar-refractivity contribution in [2.24, 2.45) is 11.8 Å². The van der Waals surface area contributed by atoms with Crippen LogP contribution in [0.4, 0.5) is 5.69 Å². The summed E-state index contributed by atoms with van der Waals surface area (Å²) < 4.78 is -0.623.